The number of carbonyl (C=O) groups excluding carboxylic acids is 1. The fourth-order valence-corrected chi connectivity index (χ4v) is 6.10. The summed E-state index contributed by atoms with van der Waals surface area (Å²) >= 11 is 0. The van der Waals surface area contributed by atoms with Gasteiger partial charge in [0.2, 0.25) is 10.0 Å². The Kier molecular flexibility index (Phi) is 5.79. The number of nitrogens with zero attached hydrogens (tertiary/aromatic N) is 1. The molecule has 2 aliphatic heterocycles. The molecular formula is C25H29FN2O4S. The molecule has 1 aliphatic carbocycles. The van der Waals surface area contributed by atoms with Crippen LogP contribution in [0.4, 0.5) is 4.39 Å². The van der Waals surface area contributed by atoms with Crippen molar-refractivity contribution in [2.75, 3.05) is 18.9 Å². The Morgan fingerprint density at radius 2 is 1.91 bits per heavy atom. The number of rotatable bonds is 7. The molecule has 5 rings (SSSR count). The maximum absolute atomic E-state index is 15.6. The molecule has 2 heterocycles. The first-order valence-corrected chi connectivity index (χ1v) is 13.2. The normalized spacial score (nSPS) is 25.8. The van der Waals surface area contributed by atoms with Crippen LogP contribution in [0.5, 0.6) is 0 Å². The van der Waals surface area contributed by atoms with Crippen LogP contribution in [-0.2, 0) is 26.0 Å². The largest absolute Gasteiger partial charge is 0.368 e. The average Bonchev–Trinajstić information content (AvgIpc) is 3.49. The highest BCUT2D eigenvalue weighted by Crippen LogP contribution is 2.56. The average molecular weight is 473 g/mol. The summed E-state index contributed by atoms with van der Waals surface area (Å²) in [5.74, 6) is -0.482. The standard InChI is InChI=1S/C25H29FN2O4S/c1-2-33(30,31)27-23-20(28(16-25(23)12-13-25)24(29)21-11-14-32-21)15-18-9-6-10-19(22(18)26)17-7-4-3-5-8-17/h3-10,20-21,23,27H,2,11-16H2,1H3/t20-,21?,23+/m0/s1. The smallest absolute Gasteiger partial charge is 0.252 e. The summed E-state index contributed by atoms with van der Waals surface area (Å²) in [5.41, 5.74) is 1.48. The predicted molar refractivity (Wildman–Crippen MR) is 123 cm³/mol. The van der Waals surface area contributed by atoms with Gasteiger partial charge < -0.3 is 9.64 Å². The minimum atomic E-state index is -3.49. The number of hydrogen-bond donors (Lipinski definition) is 1. The molecule has 1 unspecified atom stereocenters. The molecule has 1 spiro atoms. The Bertz CT molecular complexity index is 1150. The van der Waals surface area contributed by atoms with E-state index in [2.05, 4.69) is 4.72 Å². The Labute approximate surface area is 194 Å². The molecule has 3 atom stereocenters. The number of nitrogens with one attached hydrogen (secondary N) is 1. The van der Waals surface area contributed by atoms with Gasteiger partial charge in [-0.05, 0) is 37.3 Å². The summed E-state index contributed by atoms with van der Waals surface area (Å²) in [5, 5.41) is 0. The van der Waals surface area contributed by atoms with Gasteiger partial charge in [0.1, 0.15) is 11.9 Å². The minimum absolute atomic E-state index is 0.0379. The van der Waals surface area contributed by atoms with Crippen LogP contribution in [0.25, 0.3) is 11.1 Å². The lowest BCUT2D eigenvalue weighted by Crippen LogP contribution is -2.53. The van der Waals surface area contributed by atoms with Gasteiger partial charge in [-0.3, -0.25) is 4.79 Å². The summed E-state index contributed by atoms with van der Waals surface area (Å²) in [4.78, 5) is 15.0. The molecule has 1 saturated carbocycles. The van der Waals surface area contributed by atoms with Crippen LogP contribution in [0.2, 0.25) is 0 Å². The maximum Gasteiger partial charge on any atom is 0.252 e. The van der Waals surface area contributed by atoms with Crippen LogP contribution < -0.4 is 4.72 Å². The molecule has 33 heavy (non-hydrogen) atoms. The van der Waals surface area contributed by atoms with E-state index in [9.17, 15) is 13.2 Å². The zero-order valence-electron chi connectivity index (χ0n) is 18.7. The lowest BCUT2D eigenvalue weighted by Gasteiger charge is -2.34. The lowest BCUT2D eigenvalue weighted by molar-refractivity contribution is -0.157. The van der Waals surface area contributed by atoms with Gasteiger partial charge in [0, 0.05) is 30.0 Å². The number of hydrogen-bond acceptors (Lipinski definition) is 4. The summed E-state index contributed by atoms with van der Waals surface area (Å²) < 4.78 is 49.0. The van der Waals surface area contributed by atoms with Crippen molar-refractivity contribution in [3.05, 3.63) is 59.9 Å². The van der Waals surface area contributed by atoms with Crippen LogP contribution in [0.15, 0.2) is 48.5 Å². The van der Waals surface area contributed by atoms with E-state index in [4.69, 9.17) is 4.74 Å². The molecule has 2 aromatic carbocycles. The van der Waals surface area contributed by atoms with Crippen LogP contribution in [0.3, 0.4) is 0 Å². The second kappa shape index (κ2) is 8.49. The van der Waals surface area contributed by atoms with Gasteiger partial charge in [0.25, 0.3) is 5.91 Å². The highest BCUT2D eigenvalue weighted by atomic mass is 32.2. The summed E-state index contributed by atoms with van der Waals surface area (Å²) in [6, 6.07) is 13.7. The molecular weight excluding hydrogens is 443 g/mol. The van der Waals surface area contributed by atoms with Gasteiger partial charge in [-0.15, -0.1) is 0 Å². The number of likely N-dealkylation sites (tertiary alicyclic amines) is 1. The highest BCUT2D eigenvalue weighted by Gasteiger charge is 2.61. The van der Waals surface area contributed by atoms with Crippen molar-refractivity contribution in [2.24, 2.45) is 5.41 Å². The third-order valence-electron chi connectivity index (χ3n) is 7.36. The zero-order valence-corrected chi connectivity index (χ0v) is 19.5. The third kappa shape index (κ3) is 4.20. The van der Waals surface area contributed by atoms with Crippen molar-refractivity contribution in [3.63, 3.8) is 0 Å². The van der Waals surface area contributed by atoms with Gasteiger partial charge in [-0.1, -0.05) is 48.5 Å². The van der Waals surface area contributed by atoms with E-state index < -0.39 is 28.2 Å². The molecule has 8 heteroatoms. The van der Waals surface area contributed by atoms with Crippen molar-refractivity contribution in [2.45, 2.75) is 50.8 Å². The molecule has 0 aromatic heterocycles. The van der Waals surface area contributed by atoms with E-state index in [1.165, 1.54) is 0 Å². The SMILES string of the molecule is CCS(=O)(=O)N[C@@H]1[C@H](Cc2cccc(-c3ccccc3)c2F)N(C(=O)C2CCO2)CC12CC2. The van der Waals surface area contributed by atoms with Gasteiger partial charge in [-0.25, -0.2) is 17.5 Å². The van der Waals surface area contributed by atoms with Gasteiger partial charge in [0.15, 0.2) is 0 Å². The van der Waals surface area contributed by atoms with Gasteiger partial charge >= 0.3 is 0 Å². The lowest BCUT2D eigenvalue weighted by atomic mass is 9.91. The minimum Gasteiger partial charge on any atom is -0.368 e. The van der Waals surface area contributed by atoms with Crippen molar-refractivity contribution in [1.29, 1.82) is 0 Å². The van der Waals surface area contributed by atoms with Gasteiger partial charge in [-0.2, -0.15) is 0 Å². The molecule has 0 radical (unpaired) electrons. The number of ether oxygens (including phenoxy) is 1. The van der Waals surface area contributed by atoms with Gasteiger partial charge in [0.05, 0.1) is 18.4 Å². The van der Waals surface area contributed by atoms with Crippen molar-refractivity contribution in [1.82, 2.24) is 9.62 Å². The van der Waals surface area contributed by atoms with Crippen molar-refractivity contribution >= 4 is 15.9 Å². The van der Waals surface area contributed by atoms with E-state index in [0.29, 0.717) is 30.7 Å². The third-order valence-corrected chi connectivity index (χ3v) is 8.73. The van der Waals surface area contributed by atoms with Crippen molar-refractivity contribution in [3.8, 4) is 11.1 Å². The first kappa shape index (κ1) is 22.5. The Morgan fingerprint density at radius 3 is 2.52 bits per heavy atom. The van der Waals surface area contributed by atoms with Crippen LogP contribution >= 0.6 is 0 Å². The molecule has 176 valence electrons. The molecule has 6 nitrogen and oxygen atoms in total. The van der Waals surface area contributed by atoms with Crippen LogP contribution in [0.1, 0.15) is 31.7 Å². The molecule has 0 bridgehead atoms. The number of carbonyl (C=O) groups is 1. The summed E-state index contributed by atoms with van der Waals surface area (Å²) in [6.45, 7) is 2.63. The maximum atomic E-state index is 15.6. The Morgan fingerprint density at radius 1 is 1.18 bits per heavy atom. The van der Waals surface area contributed by atoms with Crippen molar-refractivity contribution < 1.29 is 22.3 Å². The Hall–Kier alpha value is -2.29. The highest BCUT2D eigenvalue weighted by molar-refractivity contribution is 7.89. The van der Waals surface area contributed by atoms with E-state index >= 15 is 4.39 Å². The molecule has 3 aliphatic rings. The molecule has 2 aromatic rings. The van der Waals surface area contributed by atoms with E-state index in [-0.39, 0.29) is 29.3 Å². The molecule has 1 amide bonds. The Balaban J connectivity index is 1.50. The first-order chi connectivity index (χ1) is 15.8. The number of benzene rings is 2. The van der Waals surface area contributed by atoms with Crippen LogP contribution in [-0.4, -0.2) is 56.3 Å². The first-order valence-electron chi connectivity index (χ1n) is 11.6. The number of sulfonamides is 1. The number of amides is 1. The summed E-state index contributed by atoms with van der Waals surface area (Å²) in [7, 11) is -3.49. The molecule has 1 N–H and O–H groups in total. The number of halogens is 1. The summed E-state index contributed by atoms with van der Waals surface area (Å²) in [6.07, 6.45) is 2.12. The fourth-order valence-electron chi connectivity index (χ4n) is 5.14. The fraction of sp³-hybridized carbons (Fsp3) is 0.480. The molecule has 2 saturated heterocycles. The van der Waals surface area contributed by atoms with E-state index in [1.807, 2.05) is 36.4 Å². The van der Waals surface area contributed by atoms with Crippen LogP contribution in [0, 0.1) is 11.2 Å². The monoisotopic (exact) mass is 472 g/mol. The quantitative estimate of drug-likeness (QED) is 0.672. The van der Waals surface area contributed by atoms with E-state index in [1.54, 1.807) is 24.0 Å². The topological polar surface area (TPSA) is 75.7 Å². The molecule has 3 fully saturated rings. The van der Waals surface area contributed by atoms with E-state index in [0.717, 1.165) is 18.4 Å². The predicted octanol–water partition coefficient (Wildman–Crippen LogP) is 3.12. The second-order valence-corrected chi connectivity index (χ2v) is 11.4. The second-order valence-electron chi connectivity index (χ2n) is 9.39. The zero-order chi connectivity index (χ0) is 23.2.